The van der Waals surface area contributed by atoms with Crippen molar-refractivity contribution in [3.63, 3.8) is 0 Å². The molecule has 0 aromatic heterocycles. The van der Waals surface area contributed by atoms with Crippen LogP contribution in [0.4, 0.5) is 0 Å². The van der Waals surface area contributed by atoms with Crippen molar-refractivity contribution in [1.82, 2.24) is 0 Å². The number of rotatable bonds is 19. The highest BCUT2D eigenvalue weighted by atomic mass is 19.0. The largest absolute Gasteiger partial charge is 1.00 e. The number of halogens is 1. The van der Waals surface area contributed by atoms with E-state index < -0.39 is 0 Å². The Balaban J connectivity index is 0. The van der Waals surface area contributed by atoms with E-state index in [4.69, 9.17) is 4.74 Å². The van der Waals surface area contributed by atoms with Crippen LogP contribution < -0.4 is 4.70 Å². The second-order valence-electron chi connectivity index (χ2n) is 8.24. The molecular formula is C22H48FNO. The number of hydrogen-bond donors (Lipinski definition) is 0. The average Bonchev–Trinajstić information content (AvgIpc) is 2.55. The van der Waals surface area contributed by atoms with Gasteiger partial charge in [0.25, 0.3) is 0 Å². The van der Waals surface area contributed by atoms with Crippen LogP contribution >= 0.6 is 0 Å². The predicted octanol–water partition coefficient (Wildman–Crippen LogP) is 3.58. The molecule has 0 rings (SSSR count). The summed E-state index contributed by atoms with van der Waals surface area (Å²) in [4.78, 5) is 0. The Bertz CT molecular complexity index is 246. The Labute approximate surface area is 158 Å². The van der Waals surface area contributed by atoms with Gasteiger partial charge >= 0.3 is 0 Å². The molecule has 0 radical (unpaired) electrons. The molecule has 0 aromatic carbocycles. The van der Waals surface area contributed by atoms with Gasteiger partial charge in [0, 0.05) is 6.61 Å². The van der Waals surface area contributed by atoms with Crippen LogP contribution in [-0.2, 0) is 4.74 Å². The highest BCUT2D eigenvalue weighted by Gasteiger charge is 2.13. The molecule has 3 heteroatoms. The number of nitrogens with zero attached hydrogens (tertiary/aromatic N) is 1. The smallest absolute Gasteiger partial charge is 0.102 e. The minimum atomic E-state index is 0. The fourth-order valence-electron chi connectivity index (χ4n) is 3.15. The van der Waals surface area contributed by atoms with Gasteiger partial charge in [-0.1, -0.05) is 84.5 Å². The second-order valence-corrected chi connectivity index (χ2v) is 8.24. The second kappa shape index (κ2) is 20.2. The molecule has 0 aliphatic heterocycles. The highest BCUT2D eigenvalue weighted by Crippen LogP contribution is 2.12. The first-order chi connectivity index (χ1) is 11.6. The molecule has 0 saturated carbocycles. The van der Waals surface area contributed by atoms with E-state index in [1.54, 1.807) is 0 Å². The quantitative estimate of drug-likeness (QED) is 0.252. The molecule has 0 bridgehead atoms. The fraction of sp³-hybridized carbons (Fsp3) is 1.00. The van der Waals surface area contributed by atoms with E-state index in [1.807, 2.05) is 0 Å². The minimum absolute atomic E-state index is 0. The van der Waals surface area contributed by atoms with Gasteiger partial charge < -0.3 is 13.9 Å². The topological polar surface area (TPSA) is 9.23 Å². The number of quaternary nitrogens is 1. The molecule has 2 nitrogen and oxygen atoms in total. The third-order valence-corrected chi connectivity index (χ3v) is 5.10. The van der Waals surface area contributed by atoms with E-state index >= 15 is 0 Å². The summed E-state index contributed by atoms with van der Waals surface area (Å²) in [6.07, 6.45) is 19.7. The monoisotopic (exact) mass is 361 g/mol. The Morgan fingerprint density at radius 3 is 1.44 bits per heavy atom. The molecule has 25 heavy (non-hydrogen) atoms. The summed E-state index contributed by atoms with van der Waals surface area (Å²) in [6.45, 7) is 8.83. The summed E-state index contributed by atoms with van der Waals surface area (Å²) in [5.41, 5.74) is 0. The van der Waals surface area contributed by atoms with Crippen LogP contribution in [0.5, 0.6) is 0 Å². The zero-order chi connectivity index (χ0) is 17.9. The summed E-state index contributed by atoms with van der Waals surface area (Å²) in [6, 6.07) is 0. The Morgan fingerprint density at radius 2 is 0.960 bits per heavy atom. The van der Waals surface area contributed by atoms with Crippen LogP contribution in [0.2, 0.25) is 0 Å². The molecule has 0 aliphatic carbocycles. The first kappa shape index (κ1) is 27.1. The van der Waals surface area contributed by atoms with E-state index in [0.717, 1.165) is 24.2 Å². The first-order valence-electron chi connectivity index (χ1n) is 11.0. The Hall–Kier alpha value is -0.150. The summed E-state index contributed by atoms with van der Waals surface area (Å²) >= 11 is 0. The number of ether oxygens (including phenoxy) is 1. The van der Waals surface area contributed by atoms with Crippen molar-refractivity contribution in [2.24, 2.45) is 0 Å². The van der Waals surface area contributed by atoms with Crippen molar-refractivity contribution >= 4 is 0 Å². The maximum absolute atomic E-state index is 5.71. The van der Waals surface area contributed by atoms with Gasteiger partial charge in [0.1, 0.15) is 6.54 Å². The lowest BCUT2D eigenvalue weighted by Crippen LogP contribution is -3.00. The van der Waals surface area contributed by atoms with E-state index in [1.165, 1.54) is 96.4 Å². The van der Waals surface area contributed by atoms with Gasteiger partial charge in [-0.2, -0.15) is 0 Å². The highest BCUT2D eigenvalue weighted by molar-refractivity contribution is 4.49. The lowest BCUT2D eigenvalue weighted by atomic mass is 10.1. The number of unbranched alkanes of at least 4 members (excludes halogenated alkanes) is 12. The predicted molar refractivity (Wildman–Crippen MR) is 109 cm³/mol. The van der Waals surface area contributed by atoms with Gasteiger partial charge in [-0.15, -0.1) is 0 Å². The molecule has 0 unspecified atom stereocenters. The lowest BCUT2D eigenvalue weighted by molar-refractivity contribution is -0.891. The fourth-order valence-corrected chi connectivity index (χ4v) is 3.15. The first-order valence-corrected chi connectivity index (χ1v) is 11.0. The number of hydrogen-bond acceptors (Lipinski definition) is 1. The van der Waals surface area contributed by atoms with E-state index in [0.29, 0.717) is 0 Å². The molecule has 0 aliphatic rings. The summed E-state index contributed by atoms with van der Waals surface area (Å²) in [5.74, 6) is 0. The minimum Gasteiger partial charge on any atom is -1.00 e. The molecule has 0 spiro atoms. The van der Waals surface area contributed by atoms with Crippen LogP contribution in [0.15, 0.2) is 0 Å². The Morgan fingerprint density at radius 1 is 0.520 bits per heavy atom. The maximum atomic E-state index is 5.71. The van der Waals surface area contributed by atoms with Crippen LogP contribution in [0.3, 0.4) is 0 Å². The van der Waals surface area contributed by atoms with Gasteiger partial charge in [-0.3, -0.25) is 0 Å². The molecule has 0 amide bonds. The summed E-state index contributed by atoms with van der Waals surface area (Å²) in [7, 11) is 4.70. The van der Waals surface area contributed by atoms with Crippen LogP contribution in [0, 0.1) is 0 Å². The van der Waals surface area contributed by atoms with Crippen molar-refractivity contribution in [3.8, 4) is 0 Å². The van der Waals surface area contributed by atoms with Gasteiger partial charge in [0.05, 0.1) is 27.2 Å². The maximum Gasteiger partial charge on any atom is 0.102 e. The van der Waals surface area contributed by atoms with Crippen LogP contribution in [0.25, 0.3) is 0 Å². The molecule has 0 fully saturated rings. The molecule has 0 atom stereocenters. The average molecular weight is 362 g/mol. The van der Waals surface area contributed by atoms with Gasteiger partial charge in [-0.25, -0.2) is 0 Å². The molecule has 0 aromatic rings. The zero-order valence-corrected chi connectivity index (χ0v) is 18.0. The number of likely N-dealkylation sites (N-methyl/N-ethyl adjacent to an activating group) is 1. The van der Waals surface area contributed by atoms with Crippen molar-refractivity contribution in [3.05, 3.63) is 0 Å². The van der Waals surface area contributed by atoms with Gasteiger partial charge in [-0.05, 0) is 19.3 Å². The van der Waals surface area contributed by atoms with Crippen molar-refractivity contribution in [1.29, 1.82) is 0 Å². The summed E-state index contributed by atoms with van der Waals surface area (Å²) < 4.78 is 6.82. The van der Waals surface area contributed by atoms with E-state index in [9.17, 15) is 0 Å². The SMILES string of the molecule is CCCCCCCCCCCCCC[N+](C)(C)CCOCCCC.[F-]. The standard InChI is InChI=1S/C22H48NO.FH/c1-5-7-9-10-11-12-13-14-15-16-17-18-19-23(3,4)20-22-24-21-8-6-2;/h5-22H2,1-4H3;1H/q+1;/p-1. The van der Waals surface area contributed by atoms with Gasteiger partial charge in [0.2, 0.25) is 0 Å². The zero-order valence-electron chi connectivity index (χ0n) is 18.0. The molecular weight excluding hydrogens is 313 g/mol. The molecule has 154 valence electrons. The van der Waals surface area contributed by atoms with Crippen LogP contribution in [0.1, 0.15) is 104 Å². The van der Waals surface area contributed by atoms with Gasteiger partial charge in [0.15, 0.2) is 0 Å². The van der Waals surface area contributed by atoms with Crippen molar-refractivity contribution in [2.45, 2.75) is 104 Å². The third kappa shape index (κ3) is 21.8. The molecule has 0 N–H and O–H groups in total. The molecule has 0 saturated heterocycles. The van der Waals surface area contributed by atoms with E-state index in [2.05, 4.69) is 27.9 Å². The Kier molecular flexibility index (Phi) is 21.8. The normalized spacial score (nSPS) is 11.5. The van der Waals surface area contributed by atoms with Crippen molar-refractivity contribution in [2.75, 3.05) is 40.4 Å². The van der Waals surface area contributed by atoms with Crippen molar-refractivity contribution < 1.29 is 13.9 Å². The summed E-state index contributed by atoms with van der Waals surface area (Å²) in [5, 5.41) is 0. The lowest BCUT2D eigenvalue weighted by Gasteiger charge is -2.29. The third-order valence-electron chi connectivity index (χ3n) is 5.10. The molecule has 0 heterocycles. The van der Waals surface area contributed by atoms with Crippen LogP contribution in [-0.4, -0.2) is 44.9 Å². The van der Waals surface area contributed by atoms with E-state index in [-0.39, 0.29) is 4.70 Å².